The van der Waals surface area contributed by atoms with Crippen molar-refractivity contribution in [3.63, 3.8) is 0 Å². The summed E-state index contributed by atoms with van der Waals surface area (Å²) in [7, 11) is 0. The third-order valence-electron chi connectivity index (χ3n) is 5.18. The van der Waals surface area contributed by atoms with Crippen molar-refractivity contribution >= 4 is 11.7 Å². The summed E-state index contributed by atoms with van der Waals surface area (Å²) in [6, 6.07) is 7.86. The summed E-state index contributed by atoms with van der Waals surface area (Å²) in [5.74, 6) is -0.544. The van der Waals surface area contributed by atoms with Gasteiger partial charge in [-0.3, -0.25) is 4.79 Å². The number of hydrogen-bond donors (Lipinski definition) is 1. The number of aromatic nitrogens is 3. The Bertz CT molecular complexity index is 1090. The zero-order valence-electron chi connectivity index (χ0n) is 16.8. The summed E-state index contributed by atoms with van der Waals surface area (Å²) in [5.41, 5.74) is -0.632. The zero-order chi connectivity index (χ0) is 22.7. The standard InChI is InChI=1S/C22H19F4N5O/c23-17-6-1-5-16(19(17)20-27-9-3-10-28-20)21(32)31-11-2-4-15(13-31)30-18-8-7-14(12-29-18)22(24,25)26/h1,3,5-10,12,15H,2,4,11,13H2,(H,29,30)/t15-/m1/s1. The van der Waals surface area contributed by atoms with Crippen molar-refractivity contribution in [2.75, 3.05) is 18.4 Å². The summed E-state index contributed by atoms with van der Waals surface area (Å²) < 4.78 is 52.8. The van der Waals surface area contributed by atoms with E-state index in [0.717, 1.165) is 12.3 Å². The van der Waals surface area contributed by atoms with Gasteiger partial charge >= 0.3 is 6.18 Å². The van der Waals surface area contributed by atoms with Crippen LogP contribution in [0.2, 0.25) is 0 Å². The van der Waals surface area contributed by atoms with E-state index >= 15 is 0 Å². The predicted molar refractivity (Wildman–Crippen MR) is 109 cm³/mol. The number of likely N-dealkylation sites (tertiary alicyclic amines) is 1. The summed E-state index contributed by atoms with van der Waals surface area (Å²) in [4.78, 5) is 26.8. The van der Waals surface area contributed by atoms with E-state index in [2.05, 4.69) is 20.3 Å². The van der Waals surface area contributed by atoms with E-state index in [0.29, 0.717) is 31.7 Å². The number of carbonyl (C=O) groups is 1. The van der Waals surface area contributed by atoms with Crippen LogP contribution in [0.15, 0.2) is 55.0 Å². The van der Waals surface area contributed by atoms with Crippen LogP contribution in [-0.4, -0.2) is 44.9 Å². The van der Waals surface area contributed by atoms with E-state index in [1.54, 1.807) is 11.0 Å². The molecule has 2 aromatic heterocycles. The third kappa shape index (κ3) is 4.68. The lowest BCUT2D eigenvalue weighted by atomic mass is 10.0. The number of pyridine rings is 1. The molecule has 1 atom stereocenters. The maximum atomic E-state index is 14.6. The molecule has 3 heterocycles. The average molecular weight is 445 g/mol. The Kier molecular flexibility index (Phi) is 6.02. The molecule has 0 radical (unpaired) electrons. The Balaban J connectivity index is 1.51. The number of nitrogens with zero attached hydrogens (tertiary/aromatic N) is 4. The molecule has 1 fully saturated rings. The van der Waals surface area contributed by atoms with E-state index in [-0.39, 0.29) is 28.9 Å². The summed E-state index contributed by atoms with van der Waals surface area (Å²) in [6.45, 7) is 0.774. The highest BCUT2D eigenvalue weighted by Crippen LogP contribution is 2.29. The molecule has 4 rings (SSSR count). The van der Waals surface area contributed by atoms with Crippen LogP contribution in [0.25, 0.3) is 11.4 Å². The highest BCUT2D eigenvalue weighted by Gasteiger charge is 2.31. The summed E-state index contributed by atoms with van der Waals surface area (Å²) >= 11 is 0. The molecule has 6 nitrogen and oxygen atoms in total. The Morgan fingerprint density at radius 2 is 1.84 bits per heavy atom. The van der Waals surface area contributed by atoms with Crippen molar-refractivity contribution in [3.8, 4) is 11.4 Å². The first kappa shape index (κ1) is 21.7. The molecular weight excluding hydrogens is 426 g/mol. The number of hydrogen-bond acceptors (Lipinski definition) is 5. The van der Waals surface area contributed by atoms with Crippen molar-refractivity contribution in [3.05, 3.63) is 71.9 Å². The second-order valence-corrected chi connectivity index (χ2v) is 7.40. The van der Waals surface area contributed by atoms with Crippen LogP contribution in [0.1, 0.15) is 28.8 Å². The number of alkyl halides is 3. The molecule has 10 heteroatoms. The van der Waals surface area contributed by atoms with Gasteiger partial charge in [-0.25, -0.2) is 19.3 Å². The van der Waals surface area contributed by atoms with Gasteiger partial charge in [-0.15, -0.1) is 0 Å². The molecule has 1 saturated heterocycles. The predicted octanol–water partition coefficient (Wildman–Crippen LogP) is 4.41. The van der Waals surface area contributed by atoms with Crippen LogP contribution in [0.5, 0.6) is 0 Å². The third-order valence-corrected chi connectivity index (χ3v) is 5.18. The number of nitrogens with one attached hydrogen (secondary N) is 1. The quantitative estimate of drug-likeness (QED) is 0.603. The molecule has 0 spiro atoms. The maximum Gasteiger partial charge on any atom is 0.417 e. The molecule has 32 heavy (non-hydrogen) atoms. The normalized spacial score (nSPS) is 16.6. The fraction of sp³-hybridized carbons (Fsp3) is 0.273. The van der Waals surface area contributed by atoms with E-state index in [9.17, 15) is 22.4 Å². The molecular formula is C22H19F4N5O. The Hall–Kier alpha value is -3.56. The Labute approximate surface area is 181 Å². The Morgan fingerprint density at radius 3 is 2.53 bits per heavy atom. The second kappa shape index (κ2) is 8.89. The van der Waals surface area contributed by atoms with Crippen LogP contribution in [0.3, 0.4) is 0 Å². The molecule has 1 aliphatic rings. The first-order chi connectivity index (χ1) is 15.3. The summed E-state index contributed by atoms with van der Waals surface area (Å²) in [5, 5.41) is 3.08. The van der Waals surface area contributed by atoms with Gasteiger partial charge in [0.15, 0.2) is 5.82 Å². The topological polar surface area (TPSA) is 71.0 Å². The van der Waals surface area contributed by atoms with Crippen molar-refractivity contribution in [2.45, 2.75) is 25.1 Å². The molecule has 0 saturated carbocycles. The highest BCUT2D eigenvalue weighted by molar-refractivity contribution is 6.00. The highest BCUT2D eigenvalue weighted by atomic mass is 19.4. The van der Waals surface area contributed by atoms with E-state index in [1.807, 2.05) is 0 Å². The fourth-order valence-corrected chi connectivity index (χ4v) is 3.66. The molecule has 1 aromatic carbocycles. The van der Waals surface area contributed by atoms with Gasteiger partial charge in [0.25, 0.3) is 5.91 Å². The minimum atomic E-state index is -4.45. The molecule has 0 unspecified atom stereocenters. The van der Waals surface area contributed by atoms with E-state index in [1.165, 1.54) is 36.7 Å². The SMILES string of the molecule is O=C(c1cccc(F)c1-c1ncccn1)N1CCC[C@@H](Nc2ccc(C(F)(F)F)cn2)C1. The lowest BCUT2D eigenvalue weighted by Crippen LogP contribution is -2.45. The monoisotopic (exact) mass is 445 g/mol. The van der Waals surface area contributed by atoms with Crippen molar-refractivity contribution in [1.29, 1.82) is 0 Å². The maximum absolute atomic E-state index is 14.6. The number of amides is 1. The number of halogens is 4. The molecule has 1 amide bonds. The van der Waals surface area contributed by atoms with Crippen LogP contribution in [0, 0.1) is 5.82 Å². The van der Waals surface area contributed by atoms with Gasteiger partial charge in [0.1, 0.15) is 11.6 Å². The molecule has 0 bridgehead atoms. The Morgan fingerprint density at radius 1 is 1.06 bits per heavy atom. The van der Waals surface area contributed by atoms with Gasteiger partial charge in [-0.05, 0) is 43.2 Å². The first-order valence-electron chi connectivity index (χ1n) is 9.98. The van der Waals surface area contributed by atoms with Crippen LogP contribution < -0.4 is 5.32 Å². The van der Waals surface area contributed by atoms with Gasteiger partial charge in [0.05, 0.1) is 16.7 Å². The number of carbonyl (C=O) groups excluding carboxylic acids is 1. The van der Waals surface area contributed by atoms with Gasteiger partial charge in [-0.1, -0.05) is 6.07 Å². The number of rotatable bonds is 4. The van der Waals surface area contributed by atoms with E-state index in [4.69, 9.17) is 0 Å². The van der Waals surface area contributed by atoms with Crippen LogP contribution >= 0.6 is 0 Å². The van der Waals surface area contributed by atoms with Crippen molar-refractivity contribution in [2.24, 2.45) is 0 Å². The number of benzene rings is 1. The van der Waals surface area contributed by atoms with Gasteiger partial charge in [-0.2, -0.15) is 13.2 Å². The van der Waals surface area contributed by atoms with Crippen molar-refractivity contribution < 1.29 is 22.4 Å². The van der Waals surface area contributed by atoms with Gasteiger partial charge in [0, 0.05) is 37.7 Å². The molecule has 3 aromatic rings. The number of anilines is 1. The molecule has 0 aliphatic carbocycles. The first-order valence-corrected chi connectivity index (χ1v) is 9.98. The minimum absolute atomic E-state index is 0.0394. The fourth-order valence-electron chi connectivity index (χ4n) is 3.66. The van der Waals surface area contributed by atoms with Gasteiger partial charge < -0.3 is 10.2 Å². The van der Waals surface area contributed by atoms with Crippen LogP contribution in [-0.2, 0) is 6.18 Å². The summed E-state index contributed by atoms with van der Waals surface area (Å²) in [6.07, 6.45) is 0.653. The minimum Gasteiger partial charge on any atom is -0.366 e. The average Bonchev–Trinajstić information content (AvgIpc) is 2.79. The van der Waals surface area contributed by atoms with Gasteiger partial charge in [0.2, 0.25) is 0 Å². The smallest absolute Gasteiger partial charge is 0.366 e. The van der Waals surface area contributed by atoms with E-state index < -0.39 is 17.6 Å². The zero-order valence-corrected chi connectivity index (χ0v) is 16.8. The molecule has 1 N–H and O–H groups in total. The number of piperidine rings is 1. The molecule has 1 aliphatic heterocycles. The van der Waals surface area contributed by atoms with Crippen LogP contribution in [0.4, 0.5) is 23.4 Å². The lowest BCUT2D eigenvalue weighted by Gasteiger charge is -2.34. The second-order valence-electron chi connectivity index (χ2n) is 7.40. The molecule has 166 valence electrons. The largest absolute Gasteiger partial charge is 0.417 e. The van der Waals surface area contributed by atoms with Crippen molar-refractivity contribution in [1.82, 2.24) is 19.9 Å². The lowest BCUT2D eigenvalue weighted by molar-refractivity contribution is -0.137.